The molecular weight excluding hydrogens is 131 g/mol. The summed E-state index contributed by atoms with van der Waals surface area (Å²) in [5, 5.41) is 7.08. The second kappa shape index (κ2) is 3.21. The third-order valence-electron chi connectivity index (χ3n) is 0.357. The van der Waals surface area contributed by atoms with E-state index >= 15 is 0 Å². The lowest BCUT2D eigenvalue weighted by atomic mass is 10.5. The molecule has 0 bridgehead atoms. The van der Waals surface area contributed by atoms with Crippen molar-refractivity contribution in [2.75, 3.05) is 0 Å². The second-order valence-electron chi connectivity index (χ2n) is 0.976. The molecule has 0 fully saturated rings. The quantitative estimate of drug-likeness (QED) is 0.439. The van der Waals surface area contributed by atoms with Crippen molar-refractivity contribution in [3.05, 3.63) is 12.2 Å². The Bertz CT molecular complexity index is 122. The lowest BCUT2D eigenvalue weighted by molar-refractivity contribution is -0.131. The van der Waals surface area contributed by atoms with E-state index in [1.807, 2.05) is 0 Å². The van der Waals surface area contributed by atoms with Crippen molar-refractivity contribution < 1.29 is 14.7 Å². The number of aliphatic carboxylic acids is 1. The second-order valence-corrected chi connectivity index (χ2v) is 1.35. The molecule has 0 aliphatic heterocycles. The zero-order valence-electron chi connectivity index (χ0n) is 3.80. The van der Waals surface area contributed by atoms with Crippen molar-refractivity contribution in [1.82, 2.24) is 0 Å². The smallest absolute Gasteiger partial charge is 0.328 e. The van der Waals surface area contributed by atoms with E-state index in [0.29, 0.717) is 6.08 Å². The van der Waals surface area contributed by atoms with Gasteiger partial charge in [0.1, 0.15) is 0 Å². The van der Waals surface area contributed by atoms with Gasteiger partial charge in [0.25, 0.3) is 0 Å². The highest BCUT2D eigenvalue weighted by molar-refractivity contribution is 6.66. The van der Waals surface area contributed by atoms with Gasteiger partial charge < -0.3 is 5.11 Å². The summed E-state index contributed by atoms with van der Waals surface area (Å²) in [5.41, 5.74) is 0. The summed E-state index contributed by atoms with van der Waals surface area (Å²) in [6, 6.07) is 0. The fourth-order valence-corrected chi connectivity index (χ4v) is 0.200. The molecular formula is C4H3ClO3. The Labute approximate surface area is 50.6 Å². The average Bonchev–Trinajstić information content (AvgIpc) is 1.61. The normalized spacial score (nSPS) is 9.62. The molecule has 0 radical (unpaired) electrons. The first-order valence-electron chi connectivity index (χ1n) is 1.73. The first-order valence-corrected chi connectivity index (χ1v) is 2.11. The molecule has 0 saturated heterocycles. The lowest BCUT2D eigenvalue weighted by Crippen LogP contribution is -1.87. The summed E-state index contributed by atoms with van der Waals surface area (Å²) in [6.45, 7) is 0. The highest BCUT2D eigenvalue weighted by Crippen LogP contribution is 1.80. The van der Waals surface area contributed by atoms with Gasteiger partial charge in [-0.25, -0.2) is 4.79 Å². The number of rotatable bonds is 2. The van der Waals surface area contributed by atoms with Gasteiger partial charge in [-0.05, 0) is 11.6 Å². The van der Waals surface area contributed by atoms with Crippen LogP contribution in [0.1, 0.15) is 0 Å². The van der Waals surface area contributed by atoms with Crippen LogP contribution in [0.4, 0.5) is 0 Å². The largest absolute Gasteiger partial charge is 0.478 e. The number of halogens is 1. The standard InChI is InChI=1S/C4H3ClO3/c5-3(6)1-2-4(7)8/h1-2H,(H,7,8). The predicted molar refractivity (Wildman–Crippen MR) is 27.6 cm³/mol. The highest BCUT2D eigenvalue weighted by atomic mass is 35.5. The monoisotopic (exact) mass is 134 g/mol. The average molecular weight is 135 g/mol. The minimum atomic E-state index is -1.18. The van der Waals surface area contributed by atoms with Crippen LogP contribution < -0.4 is 0 Å². The van der Waals surface area contributed by atoms with Gasteiger partial charge in [-0.1, -0.05) is 0 Å². The molecule has 1 N–H and O–H groups in total. The SMILES string of the molecule is O=C(O)C=CC(=O)Cl. The van der Waals surface area contributed by atoms with Gasteiger partial charge in [-0.3, -0.25) is 4.79 Å². The zero-order valence-corrected chi connectivity index (χ0v) is 4.55. The molecule has 44 valence electrons. The molecule has 0 aliphatic rings. The molecule has 0 atom stereocenters. The van der Waals surface area contributed by atoms with Crippen molar-refractivity contribution in [3.63, 3.8) is 0 Å². The summed E-state index contributed by atoms with van der Waals surface area (Å²) in [5.74, 6) is -1.18. The van der Waals surface area contributed by atoms with Gasteiger partial charge in [-0.15, -0.1) is 0 Å². The molecule has 0 aromatic heterocycles. The molecule has 4 heteroatoms. The van der Waals surface area contributed by atoms with Crippen molar-refractivity contribution >= 4 is 22.8 Å². The third kappa shape index (κ3) is 5.17. The van der Waals surface area contributed by atoms with Crippen LogP contribution in [0.3, 0.4) is 0 Å². The van der Waals surface area contributed by atoms with E-state index in [4.69, 9.17) is 16.7 Å². The zero-order chi connectivity index (χ0) is 6.57. The van der Waals surface area contributed by atoms with Crippen LogP contribution >= 0.6 is 11.6 Å². The Morgan fingerprint density at radius 1 is 1.38 bits per heavy atom. The van der Waals surface area contributed by atoms with Crippen molar-refractivity contribution in [2.24, 2.45) is 0 Å². The Morgan fingerprint density at radius 2 is 1.88 bits per heavy atom. The maximum absolute atomic E-state index is 9.76. The van der Waals surface area contributed by atoms with Crippen molar-refractivity contribution in [3.8, 4) is 0 Å². The molecule has 0 aromatic rings. The van der Waals surface area contributed by atoms with Crippen LogP contribution in [0.2, 0.25) is 0 Å². The molecule has 0 heterocycles. The number of carboxylic acids is 1. The van der Waals surface area contributed by atoms with Crippen LogP contribution in [0.25, 0.3) is 0 Å². The van der Waals surface area contributed by atoms with Crippen LogP contribution in [0.5, 0.6) is 0 Å². The molecule has 0 aliphatic carbocycles. The molecule has 0 rings (SSSR count). The van der Waals surface area contributed by atoms with E-state index in [0.717, 1.165) is 6.08 Å². The molecule has 0 aromatic carbocycles. The number of hydrogen-bond acceptors (Lipinski definition) is 2. The Balaban J connectivity index is 3.67. The number of carbonyl (C=O) groups is 2. The number of carbonyl (C=O) groups excluding carboxylic acids is 1. The summed E-state index contributed by atoms with van der Waals surface area (Å²) in [4.78, 5) is 19.4. The van der Waals surface area contributed by atoms with E-state index in [1.165, 1.54) is 0 Å². The Morgan fingerprint density at radius 3 is 2.00 bits per heavy atom. The Hall–Kier alpha value is -0.830. The molecule has 0 spiro atoms. The summed E-state index contributed by atoms with van der Waals surface area (Å²) in [7, 11) is 0. The van der Waals surface area contributed by atoms with Gasteiger partial charge in [0.05, 0.1) is 0 Å². The van der Waals surface area contributed by atoms with Gasteiger partial charge in [-0.2, -0.15) is 0 Å². The summed E-state index contributed by atoms with van der Waals surface area (Å²) in [6.07, 6.45) is 1.44. The van der Waals surface area contributed by atoms with Crippen LogP contribution in [0, 0.1) is 0 Å². The van der Waals surface area contributed by atoms with Crippen molar-refractivity contribution in [1.29, 1.82) is 0 Å². The van der Waals surface area contributed by atoms with Crippen LogP contribution in [-0.4, -0.2) is 16.3 Å². The number of hydrogen-bond donors (Lipinski definition) is 1. The van der Waals surface area contributed by atoms with Gasteiger partial charge in [0.2, 0.25) is 5.24 Å². The highest BCUT2D eigenvalue weighted by Gasteiger charge is 1.87. The molecule has 3 nitrogen and oxygen atoms in total. The van der Waals surface area contributed by atoms with Gasteiger partial charge in [0.15, 0.2) is 0 Å². The topological polar surface area (TPSA) is 54.4 Å². The molecule has 0 amide bonds. The van der Waals surface area contributed by atoms with E-state index in [9.17, 15) is 9.59 Å². The van der Waals surface area contributed by atoms with Crippen molar-refractivity contribution in [2.45, 2.75) is 0 Å². The first-order chi connectivity index (χ1) is 3.63. The van der Waals surface area contributed by atoms with Crippen LogP contribution in [0.15, 0.2) is 12.2 Å². The summed E-state index contributed by atoms with van der Waals surface area (Å²) < 4.78 is 0. The third-order valence-corrected chi connectivity index (χ3v) is 0.483. The minimum absolute atomic E-state index is 0.676. The molecule has 8 heavy (non-hydrogen) atoms. The van der Waals surface area contributed by atoms with Gasteiger partial charge >= 0.3 is 5.97 Å². The van der Waals surface area contributed by atoms with E-state index in [-0.39, 0.29) is 0 Å². The predicted octanol–water partition coefficient (Wildman–Crippen LogP) is 0.393. The van der Waals surface area contributed by atoms with Crippen LogP contribution in [-0.2, 0) is 9.59 Å². The maximum Gasteiger partial charge on any atom is 0.328 e. The van der Waals surface area contributed by atoms with E-state index < -0.39 is 11.2 Å². The molecule has 0 unspecified atom stereocenters. The van der Waals surface area contributed by atoms with E-state index in [1.54, 1.807) is 0 Å². The van der Waals surface area contributed by atoms with E-state index in [2.05, 4.69) is 0 Å². The molecule has 0 saturated carbocycles. The van der Waals surface area contributed by atoms with Gasteiger partial charge in [0, 0.05) is 12.2 Å². The summed E-state index contributed by atoms with van der Waals surface area (Å²) >= 11 is 4.73. The first kappa shape index (κ1) is 7.17. The fourth-order valence-electron chi connectivity index (χ4n) is 0.137. The fraction of sp³-hybridized carbons (Fsp3) is 0. The lowest BCUT2D eigenvalue weighted by Gasteiger charge is -1.72. The number of carboxylic acid groups (broad SMARTS) is 1. The Kier molecular flexibility index (Phi) is 2.88. The maximum atomic E-state index is 9.76. The minimum Gasteiger partial charge on any atom is -0.478 e. The number of allylic oxidation sites excluding steroid dienone is 1.